The van der Waals surface area contributed by atoms with Crippen molar-refractivity contribution in [2.45, 2.75) is 57.0 Å². The number of nitrogens with zero attached hydrogens (tertiary/aromatic N) is 1. The minimum Gasteiger partial charge on any atom is -0.341 e. The van der Waals surface area contributed by atoms with Crippen LogP contribution in [0.1, 0.15) is 50.5 Å². The van der Waals surface area contributed by atoms with Gasteiger partial charge in [-0.15, -0.1) is 0 Å². The second-order valence-electron chi connectivity index (χ2n) is 9.28. The van der Waals surface area contributed by atoms with Crippen molar-refractivity contribution in [1.82, 2.24) is 15.5 Å². The van der Waals surface area contributed by atoms with Crippen LogP contribution in [0.3, 0.4) is 0 Å². The molecule has 0 unspecified atom stereocenters. The van der Waals surface area contributed by atoms with Crippen LogP contribution in [0.15, 0.2) is 18.2 Å². The lowest BCUT2D eigenvalue weighted by molar-refractivity contribution is -0.130. The van der Waals surface area contributed by atoms with E-state index in [1.165, 1.54) is 36.3 Å². The second-order valence-corrected chi connectivity index (χ2v) is 9.69. The molecular formula is C22H29ClFN3O2. The predicted octanol–water partition coefficient (Wildman–Crippen LogP) is 4.10. The van der Waals surface area contributed by atoms with Gasteiger partial charge in [-0.1, -0.05) is 17.7 Å². The van der Waals surface area contributed by atoms with E-state index in [0.717, 1.165) is 37.0 Å². The second kappa shape index (κ2) is 8.13. The van der Waals surface area contributed by atoms with Crippen LogP contribution in [0.2, 0.25) is 5.02 Å². The average Bonchev–Trinajstić information content (AvgIpc) is 2.63. The van der Waals surface area contributed by atoms with Gasteiger partial charge in [0.1, 0.15) is 5.82 Å². The topological polar surface area (TPSA) is 61.4 Å². The number of halogens is 2. The fourth-order valence-electron chi connectivity index (χ4n) is 6.03. The summed E-state index contributed by atoms with van der Waals surface area (Å²) in [7, 11) is 1.61. The molecule has 0 spiro atoms. The summed E-state index contributed by atoms with van der Waals surface area (Å²) in [6.45, 7) is 0.357. The zero-order valence-corrected chi connectivity index (χ0v) is 17.6. The highest BCUT2D eigenvalue weighted by atomic mass is 35.5. The highest BCUT2D eigenvalue weighted by Crippen LogP contribution is 2.55. The van der Waals surface area contributed by atoms with Gasteiger partial charge in [0.25, 0.3) is 0 Å². The van der Waals surface area contributed by atoms with Crippen LogP contribution in [0.25, 0.3) is 0 Å². The van der Waals surface area contributed by atoms with Crippen molar-refractivity contribution in [2.75, 3.05) is 13.6 Å². The summed E-state index contributed by atoms with van der Waals surface area (Å²) in [6.07, 6.45) is 7.43. The molecule has 5 nitrogen and oxygen atoms in total. The Bertz CT molecular complexity index is 745. The van der Waals surface area contributed by atoms with E-state index in [9.17, 15) is 14.0 Å². The van der Waals surface area contributed by atoms with Gasteiger partial charge in [0.15, 0.2) is 0 Å². The summed E-state index contributed by atoms with van der Waals surface area (Å²) in [5, 5.41) is 6.38. The molecule has 4 aliphatic rings. The molecule has 0 saturated heterocycles. The van der Waals surface area contributed by atoms with Gasteiger partial charge in [-0.25, -0.2) is 9.18 Å². The number of benzene rings is 1. The third-order valence-electron chi connectivity index (χ3n) is 6.92. The largest absolute Gasteiger partial charge is 0.341 e. The first-order chi connectivity index (χ1) is 13.8. The monoisotopic (exact) mass is 421 g/mol. The van der Waals surface area contributed by atoms with Crippen molar-refractivity contribution in [3.8, 4) is 0 Å². The van der Waals surface area contributed by atoms with Crippen LogP contribution >= 0.6 is 11.6 Å². The number of urea groups is 1. The Labute approximate surface area is 176 Å². The minimum absolute atomic E-state index is 0.0405. The van der Waals surface area contributed by atoms with Crippen LogP contribution in [-0.4, -0.2) is 36.0 Å². The van der Waals surface area contributed by atoms with E-state index >= 15 is 0 Å². The van der Waals surface area contributed by atoms with Gasteiger partial charge in [-0.2, -0.15) is 0 Å². The van der Waals surface area contributed by atoms with Crippen LogP contribution in [0, 0.1) is 23.6 Å². The molecule has 4 bridgehead atoms. The van der Waals surface area contributed by atoms with Crippen molar-refractivity contribution in [3.05, 3.63) is 34.6 Å². The third-order valence-corrected chi connectivity index (χ3v) is 7.28. The van der Waals surface area contributed by atoms with Gasteiger partial charge < -0.3 is 15.5 Å². The lowest BCUT2D eigenvalue weighted by Gasteiger charge is -2.56. The molecule has 4 saturated carbocycles. The van der Waals surface area contributed by atoms with Crippen molar-refractivity contribution in [2.24, 2.45) is 17.8 Å². The molecule has 5 rings (SSSR count). The van der Waals surface area contributed by atoms with E-state index in [0.29, 0.717) is 10.6 Å². The molecule has 1 aromatic carbocycles. The molecule has 4 aliphatic carbocycles. The van der Waals surface area contributed by atoms with Gasteiger partial charge in [-0.3, -0.25) is 4.79 Å². The quantitative estimate of drug-likeness (QED) is 0.726. The van der Waals surface area contributed by atoms with Gasteiger partial charge in [-0.05, 0) is 68.4 Å². The maximum atomic E-state index is 13.9. The molecule has 0 heterocycles. The average molecular weight is 422 g/mol. The number of hydrogen-bond donors (Lipinski definition) is 2. The van der Waals surface area contributed by atoms with Crippen LogP contribution in [0.4, 0.5) is 9.18 Å². The number of carbonyl (C=O) groups is 2. The third kappa shape index (κ3) is 4.52. The Morgan fingerprint density at radius 3 is 2.38 bits per heavy atom. The fraction of sp³-hybridized carbons (Fsp3) is 0.636. The van der Waals surface area contributed by atoms with Gasteiger partial charge in [0, 0.05) is 42.7 Å². The number of rotatable bonds is 6. The Morgan fingerprint density at radius 1 is 1.17 bits per heavy atom. The molecular weight excluding hydrogens is 393 g/mol. The van der Waals surface area contributed by atoms with Gasteiger partial charge in [0.2, 0.25) is 5.91 Å². The zero-order valence-electron chi connectivity index (χ0n) is 16.8. The van der Waals surface area contributed by atoms with Crippen molar-refractivity contribution in [3.63, 3.8) is 0 Å². The SMILES string of the molecule is CN(Cc1c(F)cccc1Cl)C(=O)CCNC(=O)NC12CC3CC(CC(C3)C1)C2. The number of amides is 3. The van der Waals surface area contributed by atoms with E-state index in [1.807, 2.05) is 0 Å². The number of hydrogen-bond acceptors (Lipinski definition) is 2. The van der Waals surface area contributed by atoms with Crippen molar-refractivity contribution < 1.29 is 14.0 Å². The van der Waals surface area contributed by atoms with E-state index in [-0.39, 0.29) is 37.0 Å². The number of nitrogens with one attached hydrogen (secondary N) is 2. The molecule has 2 N–H and O–H groups in total. The summed E-state index contributed by atoms with van der Waals surface area (Å²) < 4.78 is 13.9. The van der Waals surface area contributed by atoms with E-state index in [2.05, 4.69) is 10.6 Å². The highest BCUT2D eigenvalue weighted by Gasteiger charge is 2.51. The van der Waals surface area contributed by atoms with Crippen LogP contribution < -0.4 is 10.6 Å². The summed E-state index contributed by atoms with van der Waals surface area (Å²) in [5.41, 5.74) is 0.263. The highest BCUT2D eigenvalue weighted by molar-refractivity contribution is 6.31. The molecule has 0 aliphatic heterocycles. The van der Waals surface area contributed by atoms with Crippen LogP contribution in [-0.2, 0) is 11.3 Å². The minimum atomic E-state index is -0.426. The van der Waals surface area contributed by atoms with E-state index in [4.69, 9.17) is 11.6 Å². The van der Waals surface area contributed by atoms with Crippen molar-refractivity contribution in [1.29, 1.82) is 0 Å². The first-order valence-corrected chi connectivity index (χ1v) is 10.9. The smallest absolute Gasteiger partial charge is 0.315 e. The summed E-state index contributed by atoms with van der Waals surface area (Å²) in [5.74, 6) is 1.70. The summed E-state index contributed by atoms with van der Waals surface area (Å²) in [6, 6.07) is 4.29. The lowest BCUT2D eigenvalue weighted by atomic mass is 9.53. The Balaban J connectivity index is 1.22. The van der Waals surface area contributed by atoms with Gasteiger partial charge in [0.05, 0.1) is 0 Å². The molecule has 4 fully saturated rings. The standard InChI is InChI=1S/C22H29ClFN3O2/c1-27(13-17-18(23)3-2-4-19(17)24)20(28)5-6-25-21(29)26-22-10-14-7-15(11-22)9-16(8-14)12-22/h2-4,14-16H,5-13H2,1H3,(H2,25,26,29). The van der Waals surface area contributed by atoms with Crippen LogP contribution in [0.5, 0.6) is 0 Å². The fourth-order valence-corrected chi connectivity index (χ4v) is 6.25. The van der Waals surface area contributed by atoms with E-state index < -0.39 is 5.82 Å². The molecule has 158 valence electrons. The molecule has 0 aromatic heterocycles. The van der Waals surface area contributed by atoms with Gasteiger partial charge >= 0.3 is 6.03 Å². The lowest BCUT2D eigenvalue weighted by Crippen LogP contribution is -2.61. The maximum absolute atomic E-state index is 13.9. The molecule has 1 aromatic rings. The van der Waals surface area contributed by atoms with E-state index in [1.54, 1.807) is 13.1 Å². The molecule has 0 radical (unpaired) electrons. The Hall–Kier alpha value is -1.82. The zero-order chi connectivity index (χ0) is 20.6. The molecule has 0 atom stereocenters. The first kappa shape index (κ1) is 20.5. The summed E-state index contributed by atoms with van der Waals surface area (Å²) >= 11 is 6.03. The molecule has 29 heavy (non-hydrogen) atoms. The predicted molar refractivity (Wildman–Crippen MR) is 110 cm³/mol. The Kier molecular flexibility index (Phi) is 5.74. The normalized spacial score (nSPS) is 29.6. The number of carbonyl (C=O) groups excluding carboxylic acids is 2. The first-order valence-electron chi connectivity index (χ1n) is 10.6. The van der Waals surface area contributed by atoms with Crippen molar-refractivity contribution >= 4 is 23.5 Å². The molecule has 7 heteroatoms. The summed E-state index contributed by atoms with van der Waals surface area (Å²) in [4.78, 5) is 26.2. The Morgan fingerprint density at radius 2 is 1.79 bits per heavy atom. The maximum Gasteiger partial charge on any atom is 0.315 e. The molecule has 3 amide bonds.